The molecule has 3 heterocycles. The third-order valence-corrected chi connectivity index (χ3v) is 13.4. The number of anilines is 1. The molecule has 0 saturated carbocycles. The first kappa shape index (κ1) is 46.2. The van der Waals surface area contributed by atoms with Crippen LogP contribution in [0, 0.1) is 0 Å². The SMILES string of the molecule is CCCCCCCCCCCCSC(CCCCCC)C(C)OOP(=O)(O)OP(=O)(OCCC)OC[C@H]1O[C@@H](n2cnc3c(N)ncnc32)[C@H](O)[C@@H]1F. The Labute approximate surface area is 318 Å². The molecule has 0 aliphatic carbocycles. The lowest BCUT2D eigenvalue weighted by Crippen LogP contribution is -2.30. The predicted molar refractivity (Wildman–Crippen MR) is 204 cm³/mol. The first-order valence-corrected chi connectivity index (χ1v) is 23.3. The van der Waals surface area contributed by atoms with Crippen LogP contribution in [-0.4, -0.2) is 78.2 Å². The number of hydrogen-bond acceptors (Lipinski definition) is 14. The monoisotopic (exact) mass is 813 g/mol. The largest absolute Gasteiger partial charge is 0.508 e. The molecular formula is C34H62FN5O10P2S. The van der Waals surface area contributed by atoms with Gasteiger partial charge in [0.05, 0.1) is 19.5 Å². The topological polar surface area (TPSA) is 200 Å². The summed E-state index contributed by atoms with van der Waals surface area (Å²) in [5, 5.41) is 10.6. The maximum absolute atomic E-state index is 15.2. The Morgan fingerprint density at radius 3 is 2.25 bits per heavy atom. The van der Waals surface area contributed by atoms with E-state index < -0.39 is 53.0 Å². The van der Waals surface area contributed by atoms with E-state index in [1.54, 1.807) is 25.6 Å². The van der Waals surface area contributed by atoms with Gasteiger partial charge in [-0.3, -0.25) is 13.6 Å². The first-order valence-electron chi connectivity index (χ1n) is 19.3. The van der Waals surface area contributed by atoms with Gasteiger partial charge in [0, 0.05) is 5.25 Å². The zero-order valence-corrected chi connectivity index (χ0v) is 34.4. The van der Waals surface area contributed by atoms with Crippen LogP contribution in [0.5, 0.6) is 0 Å². The molecule has 8 atom stereocenters. The standard InChI is InChI=1S/C34H62FN5O10P2S/c1-5-8-10-12-13-14-15-16-17-19-22-53-28(20-18-11-9-6-2)26(4)48-49-51(42,43)50-52(44,45-21-7-3)46-23-27-29(35)31(41)34(47-27)40-25-39-30-32(36)37-24-38-33(30)40/h24-29,31,34,41H,5-23H2,1-4H3,(H,42,43)(H2,36,37,38)/t26?,27-,28?,29-,31-,34-,52?/m1/s1. The zero-order chi connectivity index (χ0) is 38.7. The third-order valence-electron chi connectivity index (χ3n) is 8.99. The normalized spacial score (nSPS) is 22.5. The number of hydrogen-bond donors (Lipinski definition) is 3. The van der Waals surface area contributed by atoms with Crippen LogP contribution < -0.4 is 5.73 Å². The van der Waals surface area contributed by atoms with Crippen molar-refractivity contribution in [1.82, 2.24) is 19.5 Å². The molecule has 4 unspecified atom stereocenters. The number of alkyl halides is 1. The van der Waals surface area contributed by atoms with Gasteiger partial charge in [0.15, 0.2) is 23.9 Å². The third kappa shape index (κ3) is 15.7. The second kappa shape index (κ2) is 24.4. The summed E-state index contributed by atoms with van der Waals surface area (Å²) in [7, 11) is -10.0. The van der Waals surface area contributed by atoms with E-state index in [1.807, 2.05) is 0 Å². The highest BCUT2D eigenvalue weighted by Gasteiger charge is 2.48. The average Bonchev–Trinajstić information content (AvgIpc) is 3.69. The van der Waals surface area contributed by atoms with Crippen LogP contribution in [0.2, 0.25) is 0 Å². The number of aromatic nitrogens is 4. The smallest absolute Gasteiger partial charge is 0.385 e. The molecule has 0 bridgehead atoms. The average molecular weight is 814 g/mol. The van der Waals surface area contributed by atoms with E-state index in [0.29, 0.717) is 6.42 Å². The molecule has 19 heteroatoms. The number of rotatable bonds is 30. The van der Waals surface area contributed by atoms with E-state index in [1.165, 1.54) is 68.6 Å². The summed E-state index contributed by atoms with van der Waals surface area (Å²) in [5.74, 6) is 1.01. The van der Waals surface area contributed by atoms with E-state index in [9.17, 15) is 19.1 Å². The van der Waals surface area contributed by atoms with Crippen molar-refractivity contribution in [3.8, 4) is 0 Å². The molecule has 1 fully saturated rings. The zero-order valence-electron chi connectivity index (χ0n) is 31.8. The summed E-state index contributed by atoms with van der Waals surface area (Å²) in [4.78, 5) is 28.0. The number of phosphoric ester groups is 1. The Bertz CT molecular complexity index is 1420. The van der Waals surface area contributed by atoms with Crippen molar-refractivity contribution in [2.24, 2.45) is 0 Å². The number of unbranched alkanes of at least 4 members (excludes halogenated alkanes) is 12. The lowest BCUT2D eigenvalue weighted by molar-refractivity contribution is -0.252. The number of nitrogen functional groups attached to an aromatic ring is 1. The van der Waals surface area contributed by atoms with Crippen LogP contribution in [0.4, 0.5) is 10.2 Å². The highest BCUT2D eigenvalue weighted by Crippen LogP contribution is 2.64. The molecule has 2 aromatic heterocycles. The maximum Gasteiger partial charge on any atom is 0.508 e. The van der Waals surface area contributed by atoms with Crippen LogP contribution in [0.25, 0.3) is 11.2 Å². The molecule has 0 radical (unpaired) electrons. The van der Waals surface area contributed by atoms with Gasteiger partial charge < -0.3 is 20.5 Å². The van der Waals surface area contributed by atoms with E-state index in [4.69, 9.17) is 33.4 Å². The van der Waals surface area contributed by atoms with Crippen LogP contribution in [0.3, 0.4) is 0 Å². The minimum Gasteiger partial charge on any atom is -0.385 e. The van der Waals surface area contributed by atoms with Gasteiger partial charge in [-0.15, -0.1) is 4.67 Å². The Kier molecular flexibility index (Phi) is 21.3. The molecule has 53 heavy (non-hydrogen) atoms. The van der Waals surface area contributed by atoms with Crippen molar-refractivity contribution < 1.29 is 51.2 Å². The number of ether oxygens (including phenoxy) is 1. The summed E-state index contributed by atoms with van der Waals surface area (Å²) in [6.45, 7) is 6.89. The molecule has 1 aliphatic heterocycles. The van der Waals surface area contributed by atoms with Gasteiger partial charge >= 0.3 is 15.6 Å². The van der Waals surface area contributed by atoms with Crippen LogP contribution in [0.15, 0.2) is 12.7 Å². The minimum atomic E-state index is -5.18. The number of fused-ring (bicyclic) bond motifs is 1. The molecule has 0 spiro atoms. The molecule has 0 aromatic carbocycles. The Morgan fingerprint density at radius 2 is 1.58 bits per heavy atom. The van der Waals surface area contributed by atoms with Crippen molar-refractivity contribution in [1.29, 1.82) is 0 Å². The quantitative estimate of drug-likeness (QED) is 0.0292. The van der Waals surface area contributed by atoms with Gasteiger partial charge in [0.2, 0.25) is 0 Å². The lowest BCUT2D eigenvalue weighted by atomic mass is 10.1. The fourth-order valence-corrected chi connectivity index (χ4v) is 9.83. The summed E-state index contributed by atoms with van der Waals surface area (Å²) in [6, 6.07) is 0. The fraction of sp³-hybridized carbons (Fsp3) is 0.853. The van der Waals surface area contributed by atoms with Gasteiger partial charge in [0.25, 0.3) is 0 Å². The second-order valence-electron chi connectivity index (χ2n) is 13.5. The van der Waals surface area contributed by atoms with Crippen molar-refractivity contribution in [2.45, 2.75) is 166 Å². The highest BCUT2D eigenvalue weighted by molar-refractivity contribution is 7.99. The summed E-state index contributed by atoms with van der Waals surface area (Å²) in [5.41, 5.74) is 6.26. The van der Waals surface area contributed by atoms with Crippen molar-refractivity contribution in [2.75, 3.05) is 24.7 Å². The van der Waals surface area contributed by atoms with Crippen molar-refractivity contribution in [3.63, 3.8) is 0 Å². The first-order chi connectivity index (χ1) is 25.4. The lowest BCUT2D eigenvalue weighted by Gasteiger charge is -2.25. The highest BCUT2D eigenvalue weighted by atomic mass is 32.2. The number of thioether (sulfide) groups is 1. The Morgan fingerprint density at radius 1 is 0.943 bits per heavy atom. The molecule has 306 valence electrons. The maximum atomic E-state index is 15.2. The fourth-order valence-electron chi connectivity index (χ4n) is 5.96. The molecule has 1 saturated heterocycles. The van der Waals surface area contributed by atoms with Crippen LogP contribution in [0.1, 0.15) is 137 Å². The Hall–Kier alpha value is -1.23. The van der Waals surface area contributed by atoms with E-state index >= 15 is 4.39 Å². The van der Waals surface area contributed by atoms with Gasteiger partial charge in [-0.2, -0.15) is 16.1 Å². The number of nitrogens with zero attached hydrogens (tertiary/aromatic N) is 4. The molecule has 2 aromatic rings. The Balaban J connectivity index is 1.52. The summed E-state index contributed by atoms with van der Waals surface area (Å²) >= 11 is 1.75. The van der Waals surface area contributed by atoms with Crippen LogP contribution >= 0.6 is 27.4 Å². The molecule has 15 nitrogen and oxygen atoms in total. The van der Waals surface area contributed by atoms with E-state index in [0.717, 1.165) is 50.7 Å². The minimum absolute atomic E-state index is 0.0132. The molecular weight excluding hydrogens is 751 g/mol. The predicted octanol–water partition coefficient (Wildman–Crippen LogP) is 9.00. The van der Waals surface area contributed by atoms with Gasteiger partial charge in [-0.05, 0) is 31.9 Å². The van der Waals surface area contributed by atoms with Crippen molar-refractivity contribution in [3.05, 3.63) is 12.7 Å². The molecule has 4 N–H and O–H groups in total. The van der Waals surface area contributed by atoms with Gasteiger partial charge in [-0.25, -0.2) is 33.4 Å². The number of halogens is 1. The summed E-state index contributed by atoms with van der Waals surface area (Å²) < 4.78 is 69.1. The number of aliphatic hydroxyl groups excluding tert-OH is 1. The van der Waals surface area contributed by atoms with Crippen LogP contribution in [-0.2, 0) is 36.8 Å². The number of imidazole rings is 1. The summed E-state index contributed by atoms with van der Waals surface area (Å²) in [6.07, 6.45) is 13.3. The van der Waals surface area contributed by atoms with Gasteiger partial charge in [0.1, 0.15) is 30.2 Å². The molecule has 3 rings (SSSR count). The second-order valence-corrected chi connectivity index (χ2v) is 18.0. The van der Waals surface area contributed by atoms with E-state index in [-0.39, 0.29) is 28.8 Å². The van der Waals surface area contributed by atoms with Gasteiger partial charge in [-0.1, -0.05) is 104 Å². The van der Waals surface area contributed by atoms with Crippen molar-refractivity contribution >= 4 is 44.4 Å². The molecule has 1 aliphatic rings. The number of phosphoric acid groups is 2. The number of nitrogens with two attached hydrogens (primary N) is 1. The molecule has 0 amide bonds. The van der Waals surface area contributed by atoms with E-state index in [2.05, 4.69) is 28.8 Å². The number of aliphatic hydroxyl groups is 1.